The maximum absolute atomic E-state index is 11.7. The highest BCUT2D eigenvalue weighted by molar-refractivity contribution is 7.07. The molecule has 0 bridgehead atoms. The summed E-state index contributed by atoms with van der Waals surface area (Å²) in [7, 11) is 1.40. The van der Waals surface area contributed by atoms with Crippen molar-refractivity contribution >= 4 is 17.3 Å². The summed E-state index contributed by atoms with van der Waals surface area (Å²) in [4.78, 5) is 13.8. The Morgan fingerprint density at radius 3 is 3.11 bits per heavy atom. The van der Waals surface area contributed by atoms with Crippen molar-refractivity contribution in [3.8, 4) is 0 Å². The van der Waals surface area contributed by atoms with Crippen LogP contribution in [0, 0.1) is 0 Å². The van der Waals surface area contributed by atoms with E-state index in [1.807, 2.05) is 4.90 Å². The number of carbonyl (C=O) groups is 1. The number of methoxy groups -OCH3 is 1. The van der Waals surface area contributed by atoms with Gasteiger partial charge in [-0.15, -0.1) is 0 Å². The van der Waals surface area contributed by atoms with Gasteiger partial charge in [-0.2, -0.15) is 11.3 Å². The first-order chi connectivity index (χ1) is 8.61. The molecule has 1 aliphatic rings. The summed E-state index contributed by atoms with van der Waals surface area (Å²) in [6.45, 7) is 2.64. The Labute approximate surface area is 111 Å². The molecule has 1 aliphatic heterocycles. The normalized spacial score (nSPS) is 26.2. The van der Waals surface area contributed by atoms with E-state index in [0.29, 0.717) is 13.0 Å². The Morgan fingerprint density at radius 2 is 2.50 bits per heavy atom. The van der Waals surface area contributed by atoms with Crippen molar-refractivity contribution in [2.75, 3.05) is 13.7 Å². The molecule has 0 aliphatic carbocycles. The van der Waals surface area contributed by atoms with E-state index in [0.717, 1.165) is 6.42 Å². The van der Waals surface area contributed by atoms with Gasteiger partial charge in [0.25, 0.3) is 0 Å². The summed E-state index contributed by atoms with van der Waals surface area (Å²) in [5, 5.41) is 13.9. The van der Waals surface area contributed by atoms with Crippen LogP contribution in [-0.4, -0.2) is 47.8 Å². The molecule has 1 aromatic heterocycles. The van der Waals surface area contributed by atoms with E-state index in [2.05, 4.69) is 23.8 Å². The minimum Gasteiger partial charge on any atom is -0.468 e. The van der Waals surface area contributed by atoms with Gasteiger partial charge in [0.2, 0.25) is 0 Å². The first kappa shape index (κ1) is 13.5. The van der Waals surface area contributed by atoms with Crippen LogP contribution in [0.15, 0.2) is 16.8 Å². The molecule has 2 heterocycles. The maximum Gasteiger partial charge on any atom is 0.323 e. The van der Waals surface area contributed by atoms with Crippen LogP contribution in [0.5, 0.6) is 0 Å². The Balaban J connectivity index is 2.03. The summed E-state index contributed by atoms with van der Waals surface area (Å²) >= 11 is 1.68. The highest BCUT2D eigenvalue weighted by Gasteiger charge is 2.39. The lowest BCUT2D eigenvalue weighted by atomic mass is 10.1. The predicted octanol–water partition coefficient (Wildman–Crippen LogP) is 1.29. The number of likely N-dealkylation sites (tertiary alicyclic amines) is 1. The van der Waals surface area contributed by atoms with Crippen LogP contribution in [0.25, 0.3) is 0 Å². The van der Waals surface area contributed by atoms with E-state index in [-0.39, 0.29) is 18.1 Å². The zero-order chi connectivity index (χ0) is 13.1. The Morgan fingerprint density at radius 1 is 1.72 bits per heavy atom. The van der Waals surface area contributed by atoms with E-state index in [1.54, 1.807) is 11.3 Å². The molecule has 0 aromatic carbocycles. The third-order valence-corrected chi connectivity index (χ3v) is 4.20. The number of hydrogen-bond acceptors (Lipinski definition) is 5. The van der Waals surface area contributed by atoms with Crippen LogP contribution in [0.1, 0.15) is 18.9 Å². The van der Waals surface area contributed by atoms with Crippen molar-refractivity contribution < 1.29 is 14.6 Å². The number of aliphatic hydroxyl groups is 1. The molecule has 1 N–H and O–H groups in total. The van der Waals surface area contributed by atoms with Crippen molar-refractivity contribution in [2.24, 2.45) is 0 Å². The lowest BCUT2D eigenvalue weighted by Gasteiger charge is -2.28. The van der Waals surface area contributed by atoms with E-state index in [4.69, 9.17) is 4.74 Å². The van der Waals surface area contributed by atoms with Gasteiger partial charge in [-0.05, 0) is 35.7 Å². The van der Waals surface area contributed by atoms with Crippen molar-refractivity contribution in [1.82, 2.24) is 4.90 Å². The lowest BCUT2D eigenvalue weighted by molar-refractivity contribution is -0.146. The molecule has 100 valence electrons. The van der Waals surface area contributed by atoms with Crippen molar-refractivity contribution in [3.63, 3.8) is 0 Å². The molecular weight excluding hydrogens is 250 g/mol. The molecule has 5 heteroatoms. The monoisotopic (exact) mass is 269 g/mol. The molecule has 4 nitrogen and oxygen atoms in total. The molecule has 0 spiro atoms. The number of esters is 1. The first-order valence-corrected chi connectivity index (χ1v) is 7.08. The van der Waals surface area contributed by atoms with Crippen molar-refractivity contribution in [1.29, 1.82) is 0 Å². The molecule has 18 heavy (non-hydrogen) atoms. The average molecular weight is 269 g/mol. The van der Waals surface area contributed by atoms with Crippen LogP contribution < -0.4 is 0 Å². The minimum atomic E-state index is -0.431. The van der Waals surface area contributed by atoms with Crippen LogP contribution in [0.3, 0.4) is 0 Å². The number of hydrogen-bond donors (Lipinski definition) is 1. The Hall–Kier alpha value is -0.910. The molecule has 3 atom stereocenters. The van der Waals surface area contributed by atoms with Gasteiger partial charge in [0.15, 0.2) is 0 Å². The lowest BCUT2D eigenvalue weighted by Crippen LogP contribution is -2.43. The second-order valence-electron chi connectivity index (χ2n) is 4.81. The predicted molar refractivity (Wildman–Crippen MR) is 70.6 cm³/mol. The molecule has 1 unspecified atom stereocenters. The van der Waals surface area contributed by atoms with Gasteiger partial charge >= 0.3 is 5.97 Å². The summed E-state index contributed by atoms with van der Waals surface area (Å²) in [5.74, 6) is -0.247. The van der Waals surface area contributed by atoms with E-state index in [1.165, 1.54) is 12.7 Å². The molecule has 0 radical (unpaired) electrons. The number of thiophene rings is 1. The van der Waals surface area contributed by atoms with Gasteiger partial charge in [-0.25, -0.2) is 0 Å². The van der Waals surface area contributed by atoms with Gasteiger partial charge in [0.1, 0.15) is 6.04 Å². The van der Waals surface area contributed by atoms with Crippen LogP contribution in [0.4, 0.5) is 0 Å². The summed E-state index contributed by atoms with van der Waals surface area (Å²) in [6.07, 6.45) is 0.934. The van der Waals surface area contributed by atoms with E-state index < -0.39 is 6.10 Å². The fourth-order valence-corrected chi connectivity index (χ4v) is 3.24. The van der Waals surface area contributed by atoms with Crippen LogP contribution >= 0.6 is 11.3 Å². The van der Waals surface area contributed by atoms with Gasteiger partial charge in [0.05, 0.1) is 13.2 Å². The highest BCUT2D eigenvalue weighted by atomic mass is 32.1. The first-order valence-electron chi connectivity index (χ1n) is 6.14. The topological polar surface area (TPSA) is 49.8 Å². The molecule has 1 aromatic rings. The SMILES string of the molecule is COC(=O)[C@@H]1C[C@H](O)CN1C(C)Cc1ccsc1. The molecule has 0 saturated carbocycles. The average Bonchev–Trinajstić information content (AvgIpc) is 2.97. The summed E-state index contributed by atoms with van der Waals surface area (Å²) in [6, 6.07) is 2.01. The van der Waals surface area contributed by atoms with E-state index >= 15 is 0 Å². The number of carbonyl (C=O) groups excluding carboxylic acids is 1. The van der Waals surface area contributed by atoms with Gasteiger partial charge in [0, 0.05) is 19.0 Å². The number of ether oxygens (including phenoxy) is 1. The van der Waals surface area contributed by atoms with Gasteiger partial charge in [-0.1, -0.05) is 0 Å². The van der Waals surface area contributed by atoms with Crippen LogP contribution in [0.2, 0.25) is 0 Å². The second kappa shape index (κ2) is 5.82. The number of β-amino-alcohol motifs (C(OH)–C–C–N with tert-alkyl or cyclic N) is 1. The number of rotatable bonds is 4. The zero-order valence-electron chi connectivity index (χ0n) is 10.7. The van der Waals surface area contributed by atoms with Gasteiger partial charge < -0.3 is 9.84 Å². The number of nitrogens with zero attached hydrogens (tertiary/aromatic N) is 1. The fourth-order valence-electron chi connectivity index (χ4n) is 2.56. The smallest absolute Gasteiger partial charge is 0.323 e. The summed E-state index contributed by atoms with van der Waals surface area (Å²) in [5.41, 5.74) is 1.28. The second-order valence-corrected chi connectivity index (χ2v) is 5.59. The molecule has 1 fully saturated rings. The third-order valence-electron chi connectivity index (χ3n) is 3.47. The third kappa shape index (κ3) is 2.91. The van der Waals surface area contributed by atoms with Gasteiger partial charge in [-0.3, -0.25) is 9.69 Å². The molecular formula is C13H19NO3S. The van der Waals surface area contributed by atoms with E-state index in [9.17, 15) is 9.90 Å². The Bertz CT molecular complexity index is 393. The molecule has 2 rings (SSSR count). The zero-order valence-corrected chi connectivity index (χ0v) is 11.5. The highest BCUT2D eigenvalue weighted by Crippen LogP contribution is 2.23. The van der Waals surface area contributed by atoms with Crippen molar-refractivity contribution in [2.45, 2.75) is 38.0 Å². The number of aliphatic hydroxyl groups excluding tert-OH is 1. The fraction of sp³-hybridized carbons (Fsp3) is 0.615. The largest absolute Gasteiger partial charge is 0.468 e. The maximum atomic E-state index is 11.7. The Kier molecular flexibility index (Phi) is 4.37. The minimum absolute atomic E-state index is 0.223. The standard InChI is InChI=1S/C13H19NO3S/c1-9(5-10-3-4-18-8-10)14-7-11(15)6-12(14)13(16)17-2/h3-4,8-9,11-12,15H,5-7H2,1-2H3/t9?,11-,12-/m0/s1. The summed E-state index contributed by atoms with van der Waals surface area (Å²) < 4.78 is 4.81. The van der Waals surface area contributed by atoms with Crippen LogP contribution in [-0.2, 0) is 16.0 Å². The van der Waals surface area contributed by atoms with Crippen molar-refractivity contribution in [3.05, 3.63) is 22.4 Å². The molecule has 1 saturated heterocycles. The quantitative estimate of drug-likeness (QED) is 0.837. The molecule has 0 amide bonds.